The molecule has 0 aliphatic carbocycles. The van der Waals surface area contributed by atoms with Crippen LogP contribution in [0.1, 0.15) is 11.1 Å². The first-order valence-corrected chi connectivity index (χ1v) is 7.85. The molecule has 0 unspecified atom stereocenters. The van der Waals surface area contributed by atoms with Gasteiger partial charge in [-0.1, -0.05) is 60.7 Å². The highest BCUT2D eigenvalue weighted by molar-refractivity contribution is 5.85. The van der Waals surface area contributed by atoms with Crippen LogP contribution in [-0.4, -0.2) is 31.4 Å². The third-order valence-corrected chi connectivity index (χ3v) is 3.56. The molecular formula is C19H22ClNO5. The third kappa shape index (κ3) is 6.74. The Hall–Kier alpha value is -2.57. The lowest BCUT2D eigenvalue weighted by Crippen LogP contribution is -2.45. The largest absolute Gasteiger partial charge is 0.509 e. The molecule has 0 saturated heterocycles. The van der Waals surface area contributed by atoms with E-state index in [9.17, 15) is 9.59 Å². The van der Waals surface area contributed by atoms with E-state index in [0.29, 0.717) is 6.42 Å². The summed E-state index contributed by atoms with van der Waals surface area (Å²) in [5.74, 6) is -0.722. The number of hydrogen-bond acceptors (Lipinski definition) is 6. The molecule has 0 bridgehead atoms. The van der Waals surface area contributed by atoms with Gasteiger partial charge in [-0.25, -0.2) is 9.59 Å². The summed E-state index contributed by atoms with van der Waals surface area (Å²) in [6, 6.07) is 17.8. The molecule has 6 nitrogen and oxygen atoms in total. The van der Waals surface area contributed by atoms with Crippen molar-refractivity contribution in [3.63, 3.8) is 0 Å². The van der Waals surface area contributed by atoms with Crippen LogP contribution in [0, 0.1) is 0 Å². The molecule has 140 valence electrons. The number of carbonyl (C=O) groups is 2. The van der Waals surface area contributed by atoms with Crippen molar-refractivity contribution in [1.82, 2.24) is 0 Å². The van der Waals surface area contributed by atoms with Crippen molar-refractivity contribution in [1.29, 1.82) is 0 Å². The molecule has 2 rings (SSSR count). The number of rotatable bonds is 7. The van der Waals surface area contributed by atoms with Crippen LogP contribution in [0.3, 0.4) is 0 Å². The fraction of sp³-hybridized carbons (Fsp3) is 0.263. The number of halogens is 1. The van der Waals surface area contributed by atoms with E-state index >= 15 is 0 Å². The number of esters is 1. The van der Waals surface area contributed by atoms with Crippen LogP contribution in [-0.2, 0) is 32.0 Å². The Morgan fingerprint density at radius 2 is 1.50 bits per heavy atom. The summed E-state index contributed by atoms with van der Waals surface area (Å²) < 4.78 is 14.8. The van der Waals surface area contributed by atoms with Crippen LogP contribution in [0.25, 0.3) is 0 Å². The monoisotopic (exact) mass is 379 g/mol. The number of hydrogen-bond donors (Lipinski definition) is 1. The summed E-state index contributed by atoms with van der Waals surface area (Å²) in [6.45, 7) is 0.0431. The summed E-state index contributed by atoms with van der Waals surface area (Å²) in [5, 5.41) is 0. The molecule has 2 aromatic carbocycles. The zero-order valence-electron chi connectivity index (χ0n) is 14.4. The Bertz CT molecular complexity index is 681. The molecule has 26 heavy (non-hydrogen) atoms. The highest BCUT2D eigenvalue weighted by Gasteiger charge is 2.31. The van der Waals surface area contributed by atoms with E-state index in [1.54, 1.807) is 0 Å². The molecular weight excluding hydrogens is 358 g/mol. The normalized spacial score (nSPS) is 12.2. The Kier molecular flexibility index (Phi) is 9.19. The van der Waals surface area contributed by atoms with Crippen LogP contribution < -0.4 is 5.73 Å². The maximum atomic E-state index is 11.9. The minimum Gasteiger partial charge on any atom is -0.466 e. The van der Waals surface area contributed by atoms with Crippen LogP contribution >= 0.6 is 12.4 Å². The van der Waals surface area contributed by atoms with Crippen LogP contribution in [0.4, 0.5) is 4.79 Å². The maximum absolute atomic E-state index is 11.9. The SMILES string of the molecule is COC(=O)[C@H](OC(=O)OCc1ccccc1)[C@@H](N)Cc1ccccc1.Cl. The van der Waals surface area contributed by atoms with E-state index < -0.39 is 24.3 Å². The number of methoxy groups -OCH3 is 1. The summed E-state index contributed by atoms with van der Waals surface area (Å²) in [6.07, 6.45) is -1.86. The first-order chi connectivity index (χ1) is 12.1. The molecule has 0 spiro atoms. The van der Waals surface area contributed by atoms with E-state index in [4.69, 9.17) is 15.2 Å². The fourth-order valence-electron chi connectivity index (χ4n) is 2.27. The fourth-order valence-corrected chi connectivity index (χ4v) is 2.27. The lowest BCUT2D eigenvalue weighted by molar-refractivity contribution is -0.153. The van der Waals surface area contributed by atoms with Gasteiger partial charge in [-0.3, -0.25) is 0 Å². The second kappa shape index (κ2) is 11.1. The predicted octanol–water partition coefficient (Wildman–Crippen LogP) is 2.87. The average Bonchev–Trinajstić information content (AvgIpc) is 2.65. The lowest BCUT2D eigenvalue weighted by Gasteiger charge is -2.21. The van der Waals surface area contributed by atoms with Crippen LogP contribution in [0.2, 0.25) is 0 Å². The topological polar surface area (TPSA) is 87.8 Å². The third-order valence-electron chi connectivity index (χ3n) is 3.56. The van der Waals surface area contributed by atoms with Crippen molar-refractivity contribution in [3.8, 4) is 0 Å². The molecule has 2 N–H and O–H groups in total. The number of benzene rings is 2. The molecule has 0 aliphatic heterocycles. The molecule has 0 radical (unpaired) electrons. The van der Waals surface area contributed by atoms with E-state index in [1.807, 2.05) is 60.7 Å². The molecule has 0 aliphatic rings. The number of nitrogens with two attached hydrogens (primary N) is 1. The molecule has 0 fully saturated rings. The van der Waals surface area contributed by atoms with Gasteiger partial charge < -0.3 is 19.9 Å². The van der Waals surface area contributed by atoms with Gasteiger partial charge in [0.1, 0.15) is 6.61 Å². The second-order valence-electron chi connectivity index (χ2n) is 5.44. The van der Waals surface area contributed by atoms with Crippen LogP contribution in [0.5, 0.6) is 0 Å². The van der Waals surface area contributed by atoms with E-state index in [0.717, 1.165) is 11.1 Å². The molecule has 0 amide bonds. The Labute approximate surface area is 158 Å². The standard InChI is InChI=1S/C19H21NO5.ClH/c1-23-18(21)17(16(20)12-14-8-4-2-5-9-14)25-19(22)24-13-15-10-6-3-7-11-15;/h2-11,16-17H,12-13,20H2,1H3;1H/t16-,17+;/m0./s1. The predicted molar refractivity (Wildman–Crippen MR) is 98.9 cm³/mol. The molecule has 0 saturated carbocycles. The van der Waals surface area contributed by atoms with Crippen molar-refractivity contribution in [2.75, 3.05) is 7.11 Å². The minimum atomic E-state index is -1.24. The first kappa shape index (κ1) is 21.5. The van der Waals surface area contributed by atoms with Crippen molar-refractivity contribution in [2.45, 2.75) is 25.2 Å². The van der Waals surface area contributed by atoms with Gasteiger partial charge in [-0.2, -0.15) is 0 Å². The van der Waals surface area contributed by atoms with Gasteiger partial charge in [0, 0.05) is 0 Å². The van der Waals surface area contributed by atoms with Crippen molar-refractivity contribution >= 4 is 24.5 Å². The smallest absolute Gasteiger partial charge is 0.466 e. The van der Waals surface area contributed by atoms with Gasteiger partial charge in [0.2, 0.25) is 6.10 Å². The van der Waals surface area contributed by atoms with Crippen molar-refractivity contribution in [3.05, 3.63) is 71.8 Å². The van der Waals surface area contributed by atoms with Gasteiger partial charge in [-0.05, 0) is 17.5 Å². The van der Waals surface area contributed by atoms with Gasteiger partial charge in [0.25, 0.3) is 0 Å². The second-order valence-corrected chi connectivity index (χ2v) is 5.44. The first-order valence-electron chi connectivity index (χ1n) is 7.85. The van der Waals surface area contributed by atoms with Crippen LogP contribution in [0.15, 0.2) is 60.7 Å². The Balaban J connectivity index is 0.00000338. The maximum Gasteiger partial charge on any atom is 0.509 e. The quantitative estimate of drug-likeness (QED) is 0.744. The summed E-state index contributed by atoms with van der Waals surface area (Å²) in [5.41, 5.74) is 7.78. The van der Waals surface area contributed by atoms with Gasteiger partial charge >= 0.3 is 12.1 Å². The number of ether oxygens (including phenoxy) is 3. The van der Waals surface area contributed by atoms with Crippen molar-refractivity contribution in [2.24, 2.45) is 5.73 Å². The van der Waals surface area contributed by atoms with E-state index in [2.05, 4.69) is 4.74 Å². The molecule has 2 atom stereocenters. The zero-order valence-corrected chi connectivity index (χ0v) is 15.2. The summed E-state index contributed by atoms with van der Waals surface area (Å²) in [4.78, 5) is 23.8. The van der Waals surface area contributed by atoms with E-state index in [1.165, 1.54) is 7.11 Å². The van der Waals surface area contributed by atoms with Gasteiger partial charge in [-0.15, -0.1) is 12.4 Å². The Morgan fingerprint density at radius 3 is 2.04 bits per heavy atom. The zero-order chi connectivity index (χ0) is 18.1. The lowest BCUT2D eigenvalue weighted by atomic mass is 10.0. The molecule has 2 aromatic rings. The van der Waals surface area contributed by atoms with Crippen molar-refractivity contribution < 1.29 is 23.8 Å². The van der Waals surface area contributed by atoms with Gasteiger partial charge in [0.05, 0.1) is 13.2 Å². The van der Waals surface area contributed by atoms with E-state index in [-0.39, 0.29) is 19.0 Å². The average molecular weight is 380 g/mol. The molecule has 7 heteroatoms. The van der Waals surface area contributed by atoms with Gasteiger partial charge in [0.15, 0.2) is 0 Å². The summed E-state index contributed by atoms with van der Waals surface area (Å²) >= 11 is 0. The number of carbonyl (C=O) groups excluding carboxylic acids is 2. The highest BCUT2D eigenvalue weighted by atomic mass is 35.5. The molecule has 0 heterocycles. The highest BCUT2D eigenvalue weighted by Crippen LogP contribution is 2.10. The summed E-state index contributed by atoms with van der Waals surface area (Å²) in [7, 11) is 1.21. The minimum absolute atomic E-state index is 0. The Morgan fingerprint density at radius 1 is 0.962 bits per heavy atom. The molecule has 0 aromatic heterocycles.